The van der Waals surface area contributed by atoms with E-state index in [0.29, 0.717) is 10.0 Å². The van der Waals surface area contributed by atoms with E-state index in [4.69, 9.17) is 0 Å². The van der Waals surface area contributed by atoms with Gasteiger partial charge in [0.15, 0.2) is 0 Å². The Balaban J connectivity index is 0.00000176. The number of benzene rings is 2. The number of para-hydroxylation sites is 1. The van der Waals surface area contributed by atoms with Crippen LogP contribution in [-0.4, -0.2) is 21.8 Å². The molecule has 112 valence electrons. The lowest BCUT2D eigenvalue weighted by molar-refractivity contribution is 0.471. The molecule has 3 rings (SSSR count). The zero-order valence-corrected chi connectivity index (χ0v) is 14.5. The molecule has 4 nitrogen and oxygen atoms in total. The van der Waals surface area contributed by atoms with Gasteiger partial charge in [0.2, 0.25) is 0 Å². The van der Waals surface area contributed by atoms with Crippen LogP contribution in [0.1, 0.15) is 5.56 Å². The largest absolute Gasteiger partial charge is 0.506 e. The molecule has 1 heterocycles. The first kappa shape index (κ1) is 16.6. The Bertz CT molecular complexity index is 845. The molecule has 0 unspecified atom stereocenters. The van der Waals surface area contributed by atoms with Gasteiger partial charge >= 0.3 is 0 Å². The first-order valence-corrected chi connectivity index (χ1v) is 7.79. The van der Waals surface area contributed by atoms with Crippen molar-refractivity contribution in [3.05, 3.63) is 63.2 Å². The van der Waals surface area contributed by atoms with E-state index >= 15 is 0 Å². The summed E-state index contributed by atoms with van der Waals surface area (Å²) < 4.78 is 1.49. The summed E-state index contributed by atoms with van der Waals surface area (Å²) >= 11 is 6.71. The van der Waals surface area contributed by atoms with Crippen molar-refractivity contribution in [2.45, 2.75) is 0 Å². The smallest absolute Gasteiger partial charge is 0.138 e. The van der Waals surface area contributed by atoms with Gasteiger partial charge in [0.1, 0.15) is 5.75 Å². The summed E-state index contributed by atoms with van der Waals surface area (Å²) in [5, 5.41) is 11.1. The molecule has 0 saturated heterocycles. The maximum Gasteiger partial charge on any atom is 0.138 e. The van der Waals surface area contributed by atoms with Crippen molar-refractivity contribution in [2.24, 2.45) is 4.99 Å². The highest BCUT2D eigenvalue weighted by Crippen LogP contribution is 2.31. The van der Waals surface area contributed by atoms with Crippen LogP contribution in [0.4, 0.5) is 5.69 Å². The van der Waals surface area contributed by atoms with Gasteiger partial charge in [0.25, 0.3) is 0 Å². The van der Waals surface area contributed by atoms with Crippen LogP contribution in [-0.2, 0) is 0 Å². The van der Waals surface area contributed by atoms with E-state index in [0.717, 1.165) is 21.1 Å². The lowest BCUT2D eigenvalue weighted by Gasteiger charge is -2.03. The summed E-state index contributed by atoms with van der Waals surface area (Å²) in [6, 6.07) is 13.3. The van der Waals surface area contributed by atoms with Gasteiger partial charge in [0, 0.05) is 27.8 Å². The van der Waals surface area contributed by atoms with Crippen molar-refractivity contribution in [3.8, 4) is 5.75 Å². The van der Waals surface area contributed by atoms with E-state index in [-0.39, 0.29) is 11.2 Å². The molecule has 0 fully saturated rings. The normalized spacial score (nSPS) is 10.8. The third-order valence-corrected chi connectivity index (χ3v) is 4.07. The average Bonchev–Trinajstić information content (AvgIpc) is 2.49. The number of hydrogen-bond donors (Lipinski definition) is 1. The number of aromatic hydroxyl groups is 1. The van der Waals surface area contributed by atoms with Gasteiger partial charge < -0.3 is 10.6 Å². The summed E-state index contributed by atoms with van der Waals surface area (Å²) in [5.41, 5.74) is 2.23. The minimum Gasteiger partial charge on any atom is -0.506 e. The molecular formula is C16H12Br2N2O2. The summed E-state index contributed by atoms with van der Waals surface area (Å²) in [7, 11) is 0. The Morgan fingerprint density at radius 1 is 1.09 bits per heavy atom. The van der Waals surface area contributed by atoms with Crippen LogP contribution in [0, 0.1) is 0 Å². The van der Waals surface area contributed by atoms with E-state index in [1.165, 1.54) is 0 Å². The number of fused-ring (bicyclic) bond motifs is 1. The molecule has 2 aromatic carbocycles. The molecule has 0 amide bonds. The fourth-order valence-corrected chi connectivity index (χ4v) is 3.27. The number of aromatic nitrogens is 1. The SMILES string of the molecule is O.Oc1c(Br)cc(Br)cc1C=Nc1cccc2cccnc12. The van der Waals surface area contributed by atoms with Crippen LogP contribution in [0.3, 0.4) is 0 Å². The van der Waals surface area contributed by atoms with Crippen molar-refractivity contribution < 1.29 is 10.6 Å². The number of phenolic OH excluding ortho intramolecular Hbond substituents is 1. The monoisotopic (exact) mass is 422 g/mol. The van der Waals surface area contributed by atoms with Crippen molar-refractivity contribution >= 4 is 54.7 Å². The molecule has 6 heteroatoms. The van der Waals surface area contributed by atoms with E-state index in [1.54, 1.807) is 18.5 Å². The number of rotatable bonds is 2. The summed E-state index contributed by atoms with van der Waals surface area (Å²) in [6.45, 7) is 0. The Hall–Kier alpha value is -1.76. The molecule has 0 bridgehead atoms. The third-order valence-electron chi connectivity index (χ3n) is 3.01. The van der Waals surface area contributed by atoms with Crippen LogP contribution in [0.2, 0.25) is 0 Å². The minimum atomic E-state index is 0. The molecule has 0 saturated carbocycles. The maximum absolute atomic E-state index is 10.0. The molecule has 0 spiro atoms. The highest BCUT2D eigenvalue weighted by molar-refractivity contribution is 9.11. The molecule has 22 heavy (non-hydrogen) atoms. The molecule has 0 aliphatic heterocycles. The van der Waals surface area contributed by atoms with Crippen LogP contribution >= 0.6 is 31.9 Å². The summed E-state index contributed by atoms with van der Waals surface area (Å²) in [5.74, 6) is 0.162. The predicted octanol–water partition coefficient (Wildman–Crippen LogP) is 4.39. The highest BCUT2D eigenvalue weighted by Gasteiger charge is 2.06. The summed E-state index contributed by atoms with van der Waals surface area (Å²) in [6.07, 6.45) is 3.38. The van der Waals surface area contributed by atoms with Crippen LogP contribution in [0.5, 0.6) is 5.75 Å². The minimum absolute atomic E-state index is 0. The van der Waals surface area contributed by atoms with E-state index < -0.39 is 0 Å². The molecule has 1 aromatic heterocycles. The maximum atomic E-state index is 10.0. The standard InChI is InChI=1S/C16H10Br2N2O.H2O/c17-12-7-11(16(21)13(18)8-12)9-20-14-5-1-3-10-4-2-6-19-15(10)14;/h1-9,21H;1H2. The van der Waals surface area contributed by atoms with Gasteiger partial charge in [-0.05, 0) is 40.2 Å². The fourth-order valence-electron chi connectivity index (χ4n) is 2.02. The molecule has 3 aromatic rings. The van der Waals surface area contributed by atoms with Crippen molar-refractivity contribution in [1.82, 2.24) is 4.98 Å². The Labute approximate surface area is 144 Å². The number of aliphatic imine (C=N–C) groups is 1. The van der Waals surface area contributed by atoms with Crippen molar-refractivity contribution in [3.63, 3.8) is 0 Å². The second-order valence-corrected chi connectivity index (χ2v) is 6.21. The van der Waals surface area contributed by atoms with Crippen molar-refractivity contribution in [2.75, 3.05) is 0 Å². The van der Waals surface area contributed by atoms with Gasteiger partial charge in [0.05, 0.1) is 15.7 Å². The zero-order valence-electron chi connectivity index (χ0n) is 11.3. The molecule has 0 aliphatic carbocycles. The van der Waals surface area contributed by atoms with Crippen molar-refractivity contribution in [1.29, 1.82) is 0 Å². The number of nitrogens with zero attached hydrogens (tertiary/aromatic N) is 2. The van der Waals surface area contributed by atoms with E-state index in [2.05, 4.69) is 41.8 Å². The molecule has 3 N–H and O–H groups in total. The lowest BCUT2D eigenvalue weighted by atomic mass is 10.2. The predicted molar refractivity (Wildman–Crippen MR) is 96.1 cm³/mol. The van der Waals surface area contributed by atoms with Gasteiger partial charge in [-0.3, -0.25) is 9.98 Å². The zero-order chi connectivity index (χ0) is 14.8. The average molecular weight is 424 g/mol. The van der Waals surface area contributed by atoms with Gasteiger partial charge in [-0.2, -0.15) is 0 Å². The molecule has 0 aliphatic rings. The number of halogens is 2. The van der Waals surface area contributed by atoms with Gasteiger partial charge in [-0.15, -0.1) is 0 Å². The van der Waals surface area contributed by atoms with Gasteiger partial charge in [-0.25, -0.2) is 0 Å². The quantitative estimate of drug-likeness (QED) is 0.620. The fraction of sp³-hybridized carbons (Fsp3) is 0. The third kappa shape index (κ3) is 3.35. The second-order valence-electron chi connectivity index (χ2n) is 4.44. The first-order valence-electron chi connectivity index (χ1n) is 6.21. The van der Waals surface area contributed by atoms with Crippen LogP contribution in [0.25, 0.3) is 10.9 Å². The van der Waals surface area contributed by atoms with Crippen LogP contribution in [0.15, 0.2) is 62.6 Å². The first-order chi connectivity index (χ1) is 10.1. The summed E-state index contributed by atoms with van der Waals surface area (Å²) in [4.78, 5) is 8.81. The molecule has 0 radical (unpaired) electrons. The lowest BCUT2D eigenvalue weighted by Crippen LogP contribution is -1.85. The molecule has 0 atom stereocenters. The Kier molecular flexibility index (Phi) is 5.28. The van der Waals surface area contributed by atoms with E-state index in [9.17, 15) is 5.11 Å². The molecular weight excluding hydrogens is 412 g/mol. The number of hydrogen-bond acceptors (Lipinski definition) is 3. The Morgan fingerprint density at radius 3 is 2.68 bits per heavy atom. The number of phenols is 1. The van der Waals surface area contributed by atoms with Gasteiger partial charge in [-0.1, -0.05) is 34.1 Å². The van der Waals surface area contributed by atoms with E-state index in [1.807, 2.05) is 36.4 Å². The Morgan fingerprint density at radius 2 is 1.86 bits per heavy atom. The second kappa shape index (κ2) is 7.00. The highest BCUT2D eigenvalue weighted by atomic mass is 79.9. The topological polar surface area (TPSA) is 77.0 Å². The number of pyridine rings is 1. The van der Waals surface area contributed by atoms with Crippen LogP contribution < -0.4 is 0 Å².